The molecule has 0 amide bonds. The minimum Gasteiger partial charge on any atom is -0.479 e. The molecule has 0 bridgehead atoms. The van der Waals surface area contributed by atoms with Gasteiger partial charge in [-0.2, -0.15) is 0 Å². The molecule has 4 nitrogen and oxygen atoms in total. The summed E-state index contributed by atoms with van der Waals surface area (Å²) in [6.07, 6.45) is -1.62. The lowest BCUT2D eigenvalue weighted by molar-refractivity contribution is -0.146. The Bertz CT molecular complexity index is 379. The molecular formula is C10H12FNO3. The van der Waals surface area contributed by atoms with Crippen LogP contribution in [0.5, 0.6) is 0 Å². The second-order valence-electron chi connectivity index (χ2n) is 3.35. The van der Waals surface area contributed by atoms with Crippen molar-refractivity contribution in [3.05, 3.63) is 29.6 Å². The number of aliphatic carboxylic acids is 1. The highest BCUT2D eigenvalue weighted by Crippen LogP contribution is 2.22. The minimum atomic E-state index is -1.62. The normalized spacial score (nSPS) is 12.3. The van der Waals surface area contributed by atoms with Gasteiger partial charge in [0.15, 0.2) is 6.10 Å². The molecular weight excluding hydrogens is 201 g/mol. The van der Waals surface area contributed by atoms with Crippen molar-refractivity contribution in [1.82, 2.24) is 0 Å². The van der Waals surface area contributed by atoms with Gasteiger partial charge in [0, 0.05) is 14.1 Å². The highest BCUT2D eigenvalue weighted by molar-refractivity contribution is 5.74. The van der Waals surface area contributed by atoms with Gasteiger partial charge in [0.25, 0.3) is 0 Å². The van der Waals surface area contributed by atoms with E-state index in [2.05, 4.69) is 0 Å². The van der Waals surface area contributed by atoms with Crippen LogP contribution >= 0.6 is 0 Å². The van der Waals surface area contributed by atoms with E-state index < -0.39 is 17.9 Å². The van der Waals surface area contributed by atoms with Gasteiger partial charge in [-0.05, 0) is 17.7 Å². The van der Waals surface area contributed by atoms with Gasteiger partial charge in [-0.25, -0.2) is 9.18 Å². The Hall–Kier alpha value is -1.62. The molecule has 0 radical (unpaired) electrons. The molecule has 1 atom stereocenters. The van der Waals surface area contributed by atoms with Crippen molar-refractivity contribution in [2.45, 2.75) is 6.10 Å². The standard InChI is InChI=1S/C10H12FNO3/c1-12(2)8-5-6(3-4-7(8)11)9(13)10(14)15/h3-5,9,13H,1-2H3,(H,14,15). The van der Waals surface area contributed by atoms with Crippen LogP contribution in [0.15, 0.2) is 18.2 Å². The molecule has 0 aliphatic rings. The number of aliphatic hydroxyl groups is 1. The first-order valence-corrected chi connectivity index (χ1v) is 4.31. The monoisotopic (exact) mass is 213 g/mol. The maximum Gasteiger partial charge on any atom is 0.337 e. The summed E-state index contributed by atoms with van der Waals surface area (Å²) in [6.45, 7) is 0. The first-order valence-electron chi connectivity index (χ1n) is 4.31. The molecule has 0 saturated carbocycles. The second kappa shape index (κ2) is 4.27. The molecule has 0 fully saturated rings. The van der Waals surface area contributed by atoms with Gasteiger partial charge in [0.2, 0.25) is 0 Å². The zero-order valence-electron chi connectivity index (χ0n) is 8.44. The van der Waals surface area contributed by atoms with Gasteiger partial charge in [0.05, 0.1) is 5.69 Å². The number of carboxylic acids is 1. The number of aliphatic hydroxyl groups excluding tert-OH is 1. The molecule has 82 valence electrons. The molecule has 0 aliphatic heterocycles. The number of halogens is 1. The summed E-state index contributed by atoms with van der Waals surface area (Å²) < 4.78 is 13.2. The van der Waals surface area contributed by atoms with Gasteiger partial charge in [0.1, 0.15) is 5.82 Å². The smallest absolute Gasteiger partial charge is 0.337 e. The number of carboxylic acid groups (broad SMARTS) is 1. The van der Waals surface area contributed by atoms with E-state index in [9.17, 15) is 14.3 Å². The van der Waals surface area contributed by atoms with Gasteiger partial charge in [-0.15, -0.1) is 0 Å². The highest BCUT2D eigenvalue weighted by atomic mass is 19.1. The lowest BCUT2D eigenvalue weighted by Gasteiger charge is -2.15. The average molecular weight is 213 g/mol. The number of nitrogens with zero attached hydrogens (tertiary/aromatic N) is 1. The number of benzene rings is 1. The molecule has 15 heavy (non-hydrogen) atoms. The van der Waals surface area contributed by atoms with Crippen molar-refractivity contribution >= 4 is 11.7 Å². The number of rotatable bonds is 3. The highest BCUT2D eigenvalue weighted by Gasteiger charge is 2.17. The Balaban J connectivity index is 3.13. The zero-order valence-corrected chi connectivity index (χ0v) is 8.44. The largest absolute Gasteiger partial charge is 0.479 e. The fourth-order valence-corrected chi connectivity index (χ4v) is 1.19. The van der Waals surface area contributed by atoms with Crippen molar-refractivity contribution < 1.29 is 19.4 Å². The summed E-state index contributed by atoms with van der Waals surface area (Å²) in [6, 6.07) is 3.70. The molecule has 1 aromatic rings. The van der Waals surface area contributed by atoms with Crippen molar-refractivity contribution in [1.29, 1.82) is 0 Å². The van der Waals surface area contributed by atoms with Gasteiger partial charge < -0.3 is 15.1 Å². The summed E-state index contributed by atoms with van der Waals surface area (Å²) in [5, 5.41) is 17.8. The Kier molecular flexibility index (Phi) is 3.26. The van der Waals surface area contributed by atoms with E-state index in [1.54, 1.807) is 14.1 Å². The number of carbonyl (C=O) groups is 1. The van der Waals surface area contributed by atoms with Crippen LogP contribution in [0, 0.1) is 5.82 Å². The number of hydrogen-bond acceptors (Lipinski definition) is 3. The van der Waals surface area contributed by atoms with E-state index in [0.717, 1.165) is 6.07 Å². The number of anilines is 1. The predicted octanol–water partition coefficient (Wildman–Crippen LogP) is 1.01. The molecule has 0 aromatic heterocycles. The molecule has 0 spiro atoms. The molecule has 1 unspecified atom stereocenters. The maximum absolute atomic E-state index is 13.2. The van der Waals surface area contributed by atoms with E-state index in [1.165, 1.54) is 17.0 Å². The van der Waals surface area contributed by atoms with Crippen LogP contribution in [0.2, 0.25) is 0 Å². The summed E-state index contributed by atoms with van der Waals surface area (Å²) in [5.41, 5.74) is 0.403. The van der Waals surface area contributed by atoms with E-state index >= 15 is 0 Å². The third kappa shape index (κ3) is 2.44. The minimum absolute atomic E-state index is 0.160. The first-order chi connectivity index (χ1) is 6.93. The Morgan fingerprint density at radius 3 is 2.53 bits per heavy atom. The molecule has 5 heteroatoms. The van der Waals surface area contributed by atoms with E-state index in [-0.39, 0.29) is 11.3 Å². The van der Waals surface area contributed by atoms with Crippen LogP contribution in [0.4, 0.5) is 10.1 Å². The summed E-state index contributed by atoms with van der Waals surface area (Å²) in [4.78, 5) is 12.0. The lowest BCUT2D eigenvalue weighted by Crippen LogP contribution is -2.14. The summed E-state index contributed by atoms with van der Waals surface area (Å²) in [7, 11) is 3.27. The molecule has 0 aliphatic carbocycles. The molecule has 1 rings (SSSR count). The summed E-state index contributed by atoms with van der Waals surface area (Å²) >= 11 is 0. The van der Waals surface area contributed by atoms with Crippen molar-refractivity contribution in [3.8, 4) is 0 Å². The average Bonchev–Trinajstić information content (AvgIpc) is 2.16. The van der Waals surface area contributed by atoms with Crippen molar-refractivity contribution in [2.24, 2.45) is 0 Å². The van der Waals surface area contributed by atoms with Gasteiger partial charge in [-0.3, -0.25) is 0 Å². The molecule has 0 saturated heterocycles. The fraction of sp³-hybridized carbons (Fsp3) is 0.300. The van der Waals surface area contributed by atoms with E-state index in [0.29, 0.717) is 0 Å². The van der Waals surface area contributed by atoms with Crippen LogP contribution in [0.25, 0.3) is 0 Å². The van der Waals surface area contributed by atoms with Crippen molar-refractivity contribution in [3.63, 3.8) is 0 Å². The number of hydrogen-bond donors (Lipinski definition) is 2. The van der Waals surface area contributed by atoms with Crippen LogP contribution in [0.1, 0.15) is 11.7 Å². The Morgan fingerprint density at radius 1 is 1.47 bits per heavy atom. The molecule has 1 aromatic carbocycles. The second-order valence-corrected chi connectivity index (χ2v) is 3.35. The Morgan fingerprint density at radius 2 is 2.07 bits per heavy atom. The topological polar surface area (TPSA) is 60.8 Å². The predicted molar refractivity (Wildman–Crippen MR) is 53.3 cm³/mol. The third-order valence-electron chi connectivity index (χ3n) is 2.00. The van der Waals surface area contributed by atoms with Crippen LogP contribution in [-0.2, 0) is 4.79 Å². The van der Waals surface area contributed by atoms with Crippen LogP contribution in [-0.4, -0.2) is 30.3 Å². The van der Waals surface area contributed by atoms with Gasteiger partial charge >= 0.3 is 5.97 Å². The van der Waals surface area contributed by atoms with E-state index in [1.807, 2.05) is 0 Å². The molecule has 2 N–H and O–H groups in total. The fourth-order valence-electron chi connectivity index (χ4n) is 1.19. The Labute approximate surface area is 86.6 Å². The third-order valence-corrected chi connectivity index (χ3v) is 2.00. The van der Waals surface area contributed by atoms with Gasteiger partial charge in [-0.1, -0.05) is 6.07 Å². The maximum atomic E-state index is 13.2. The van der Waals surface area contributed by atoms with E-state index in [4.69, 9.17) is 5.11 Å². The van der Waals surface area contributed by atoms with Crippen molar-refractivity contribution in [2.75, 3.05) is 19.0 Å². The lowest BCUT2D eigenvalue weighted by atomic mass is 10.1. The summed E-state index contributed by atoms with van der Waals surface area (Å²) in [5.74, 6) is -1.81. The quantitative estimate of drug-likeness (QED) is 0.786. The SMILES string of the molecule is CN(C)c1cc(C(O)C(=O)O)ccc1F. The molecule has 0 heterocycles. The van der Waals surface area contributed by atoms with Crippen LogP contribution in [0.3, 0.4) is 0 Å². The van der Waals surface area contributed by atoms with Crippen LogP contribution < -0.4 is 4.90 Å². The zero-order chi connectivity index (χ0) is 11.6. The first kappa shape index (κ1) is 11.5.